The number of ether oxygens (including phenoxy) is 1. The summed E-state index contributed by atoms with van der Waals surface area (Å²) in [4.78, 5) is 4.31. The van der Waals surface area contributed by atoms with Crippen LogP contribution in [0.1, 0.15) is 25.1 Å². The molecule has 0 radical (unpaired) electrons. The smallest absolute Gasteiger partial charge is 0.258 e. The van der Waals surface area contributed by atoms with Crippen LogP contribution in [0.5, 0.6) is 0 Å². The van der Waals surface area contributed by atoms with Gasteiger partial charge in [-0.2, -0.15) is 4.98 Å². The van der Waals surface area contributed by atoms with Crippen molar-refractivity contribution in [2.45, 2.75) is 24.9 Å². The van der Waals surface area contributed by atoms with E-state index in [1.807, 2.05) is 0 Å². The lowest BCUT2D eigenvalue weighted by molar-refractivity contribution is -0.0858. The predicted molar refractivity (Wildman–Crippen MR) is 66.6 cm³/mol. The molecular formula is C13H14FN3O2. The standard InChI is InChI=1S/C13H14FN3O2/c1-18-13(5-2-6-13)12-16-11(19-17-12)8-3-4-10(15)9(14)7-8/h3-4,7H,2,5-6,15H2,1H3. The molecule has 3 rings (SSSR count). The van der Waals surface area contributed by atoms with Crippen LogP contribution in [-0.4, -0.2) is 17.3 Å². The number of halogens is 1. The van der Waals surface area contributed by atoms with Crippen molar-refractivity contribution < 1.29 is 13.7 Å². The third-order valence-corrected chi connectivity index (χ3v) is 3.63. The van der Waals surface area contributed by atoms with Gasteiger partial charge in [-0.3, -0.25) is 0 Å². The van der Waals surface area contributed by atoms with E-state index in [1.54, 1.807) is 13.2 Å². The van der Waals surface area contributed by atoms with Gasteiger partial charge in [0, 0.05) is 12.7 Å². The zero-order valence-corrected chi connectivity index (χ0v) is 10.5. The van der Waals surface area contributed by atoms with E-state index in [0.29, 0.717) is 11.4 Å². The highest BCUT2D eigenvalue weighted by atomic mass is 19.1. The molecular weight excluding hydrogens is 249 g/mol. The lowest BCUT2D eigenvalue weighted by Gasteiger charge is -2.37. The maximum Gasteiger partial charge on any atom is 0.258 e. The zero-order valence-electron chi connectivity index (χ0n) is 10.5. The summed E-state index contributed by atoms with van der Waals surface area (Å²) in [6.07, 6.45) is 2.82. The Labute approximate surface area is 109 Å². The average Bonchev–Trinajstić information content (AvgIpc) is 2.82. The fraction of sp³-hybridized carbons (Fsp3) is 0.385. The first kappa shape index (κ1) is 12.1. The molecule has 0 unspecified atom stereocenters. The highest BCUT2D eigenvalue weighted by Gasteiger charge is 2.43. The molecule has 1 fully saturated rings. The number of benzene rings is 1. The Balaban J connectivity index is 1.94. The minimum atomic E-state index is -0.498. The Morgan fingerprint density at radius 1 is 1.42 bits per heavy atom. The molecule has 0 saturated heterocycles. The topological polar surface area (TPSA) is 74.2 Å². The van der Waals surface area contributed by atoms with E-state index >= 15 is 0 Å². The maximum absolute atomic E-state index is 13.4. The van der Waals surface area contributed by atoms with Crippen molar-refractivity contribution in [2.24, 2.45) is 0 Å². The van der Waals surface area contributed by atoms with E-state index in [0.717, 1.165) is 19.3 Å². The summed E-state index contributed by atoms with van der Waals surface area (Å²) in [5, 5.41) is 3.94. The van der Waals surface area contributed by atoms with Crippen LogP contribution in [0.25, 0.3) is 11.5 Å². The lowest BCUT2D eigenvalue weighted by Crippen LogP contribution is -2.37. The molecule has 2 N–H and O–H groups in total. The highest BCUT2D eigenvalue weighted by molar-refractivity contribution is 5.57. The number of nitrogen functional groups attached to an aromatic ring is 1. The SMILES string of the molecule is COC1(c2noc(-c3ccc(N)c(F)c3)n2)CCC1. The second-order valence-corrected chi connectivity index (χ2v) is 4.71. The molecule has 0 spiro atoms. The van der Waals surface area contributed by atoms with Crippen LogP contribution in [0, 0.1) is 5.82 Å². The van der Waals surface area contributed by atoms with Gasteiger partial charge >= 0.3 is 0 Å². The minimum absolute atomic E-state index is 0.0934. The van der Waals surface area contributed by atoms with Crippen molar-refractivity contribution in [3.63, 3.8) is 0 Å². The Hall–Kier alpha value is -1.95. The van der Waals surface area contributed by atoms with Crippen LogP contribution in [0.2, 0.25) is 0 Å². The lowest BCUT2D eigenvalue weighted by atomic mass is 9.79. The summed E-state index contributed by atoms with van der Waals surface area (Å²) in [7, 11) is 1.64. The molecule has 0 bridgehead atoms. The third kappa shape index (κ3) is 1.88. The number of anilines is 1. The summed E-state index contributed by atoms with van der Waals surface area (Å²) in [6.45, 7) is 0. The Kier molecular flexibility index (Phi) is 2.74. The van der Waals surface area contributed by atoms with E-state index in [-0.39, 0.29) is 11.6 Å². The van der Waals surface area contributed by atoms with E-state index in [9.17, 15) is 4.39 Å². The molecule has 19 heavy (non-hydrogen) atoms. The minimum Gasteiger partial charge on any atom is -0.396 e. The average molecular weight is 263 g/mol. The van der Waals surface area contributed by atoms with Crippen LogP contribution in [0.3, 0.4) is 0 Å². The molecule has 5 nitrogen and oxygen atoms in total. The molecule has 1 aromatic heterocycles. The first-order valence-corrected chi connectivity index (χ1v) is 6.09. The number of hydrogen-bond acceptors (Lipinski definition) is 5. The van der Waals surface area contributed by atoms with Crippen LogP contribution in [-0.2, 0) is 10.3 Å². The van der Waals surface area contributed by atoms with Gasteiger partial charge in [-0.05, 0) is 37.5 Å². The molecule has 100 valence electrons. The van der Waals surface area contributed by atoms with Gasteiger partial charge in [-0.1, -0.05) is 5.16 Å². The van der Waals surface area contributed by atoms with Crippen molar-refractivity contribution in [3.8, 4) is 11.5 Å². The van der Waals surface area contributed by atoms with Gasteiger partial charge in [0.15, 0.2) is 0 Å². The van der Waals surface area contributed by atoms with Crippen molar-refractivity contribution in [1.82, 2.24) is 10.1 Å². The first-order valence-electron chi connectivity index (χ1n) is 6.09. The van der Waals surface area contributed by atoms with Crippen LogP contribution < -0.4 is 5.73 Å². The Morgan fingerprint density at radius 2 is 2.21 bits per heavy atom. The molecule has 0 atom stereocenters. The van der Waals surface area contributed by atoms with E-state index < -0.39 is 11.4 Å². The summed E-state index contributed by atoms with van der Waals surface area (Å²) in [5.41, 5.74) is 5.60. The number of rotatable bonds is 3. The second kappa shape index (κ2) is 4.31. The summed E-state index contributed by atoms with van der Waals surface area (Å²) in [6, 6.07) is 4.41. The summed E-state index contributed by atoms with van der Waals surface area (Å²) in [5.74, 6) is 0.299. The van der Waals surface area contributed by atoms with Crippen molar-refractivity contribution >= 4 is 5.69 Å². The second-order valence-electron chi connectivity index (χ2n) is 4.71. The number of methoxy groups -OCH3 is 1. The van der Waals surface area contributed by atoms with Gasteiger partial charge in [0.25, 0.3) is 5.89 Å². The molecule has 1 heterocycles. The van der Waals surface area contributed by atoms with Gasteiger partial charge in [0.05, 0.1) is 5.69 Å². The molecule has 1 aromatic carbocycles. The zero-order chi connectivity index (χ0) is 13.5. The van der Waals surface area contributed by atoms with Crippen LogP contribution in [0.15, 0.2) is 22.7 Å². The number of nitrogens with two attached hydrogens (primary N) is 1. The molecule has 2 aromatic rings. The molecule has 1 aliphatic rings. The summed E-state index contributed by atoms with van der Waals surface area (Å²) < 4.78 is 24.1. The molecule has 1 aliphatic carbocycles. The number of aromatic nitrogens is 2. The third-order valence-electron chi connectivity index (χ3n) is 3.63. The largest absolute Gasteiger partial charge is 0.396 e. The van der Waals surface area contributed by atoms with Crippen molar-refractivity contribution in [2.75, 3.05) is 12.8 Å². The maximum atomic E-state index is 13.4. The predicted octanol–water partition coefficient (Wildman–Crippen LogP) is 2.48. The van der Waals surface area contributed by atoms with E-state index in [1.165, 1.54) is 12.1 Å². The Morgan fingerprint density at radius 3 is 2.79 bits per heavy atom. The fourth-order valence-electron chi connectivity index (χ4n) is 2.20. The van der Waals surface area contributed by atoms with Gasteiger partial charge < -0.3 is 15.0 Å². The number of nitrogens with zero attached hydrogens (tertiary/aromatic N) is 2. The fourth-order valence-corrected chi connectivity index (χ4v) is 2.20. The monoisotopic (exact) mass is 263 g/mol. The van der Waals surface area contributed by atoms with E-state index in [2.05, 4.69) is 10.1 Å². The highest BCUT2D eigenvalue weighted by Crippen LogP contribution is 2.43. The van der Waals surface area contributed by atoms with Gasteiger partial charge in [0.2, 0.25) is 5.82 Å². The van der Waals surface area contributed by atoms with Gasteiger partial charge in [-0.25, -0.2) is 4.39 Å². The van der Waals surface area contributed by atoms with Crippen molar-refractivity contribution in [1.29, 1.82) is 0 Å². The van der Waals surface area contributed by atoms with Crippen LogP contribution >= 0.6 is 0 Å². The number of hydrogen-bond donors (Lipinski definition) is 1. The molecule has 6 heteroatoms. The van der Waals surface area contributed by atoms with Gasteiger partial charge in [-0.15, -0.1) is 0 Å². The molecule has 0 aliphatic heterocycles. The first-order chi connectivity index (χ1) is 9.14. The van der Waals surface area contributed by atoms with Gasteiger partial charge in [0.1, 0.15) is 11.4 Å². The molecule has 1 saturated carbocycles. The normalized spacial score (nSPS) is 17.2. The molecule has 0 amide bonds. The quantitative estimate of drug-likeness (QED) is 0.861. The summed E-state index contributed by atoms with van der Waals surface area (Å²) >= 11 is 0. The van der Waals surface area contributed by atoms with E-state index in [4.69, 9.17) is 15.0 Å². The Bertz CT molecular complexity index is 602. The van der Waals surface area contributed by atoms with Crippen molar-refractivity contribution in [3.05, 3.63) is 29.8 Å². The van der Waals surface area contributed by atoms with Crippen LogP contribution in [0.4, 0.5) is 10.1 Å².